The molecule has 8 nitrogen and oxygen atoms in total. The lowest BCUT2D eigenvalue weighted by atomic mass is 10.0. The summed E-state index contributed by atoms with van der Waals surface area (Å²) in [5.74, 6) is -0.681. The van der Waals surface area contributed by atoms with Gasteiger partial charge in [0.2, 0.25) is 23.6 Å². The highest BCUT2D eigenvalue weighted by Gasteiger charge is 2.58. The summed E-state index contributed by atoms with van der Waals surface area (Å²) in [7, 11) is 0. The summed E-state index contributed by atoms with van der Waals surface area (Å²) >= 11 is 0. The number of nitrogens with one attached hydrogen (secondary N) is 2. The lowest BCUT2D eigenvalue weighted by Crippen LogP contribution is -2.53. The lowest BCUT2D eigenvalue weighted by molar-refractivity contribution is -0.146. The van der Waals surface area contributed by atoms with Crippen molar-refractivity contribution in [3.8, 4) is 0 Å². The van der Waals surface area contributed by atoms with Gasteiger partial charge in [-0.15, -0.1) is 0 Å². The van der Waals surface area contributed by atoms with E-state index in [1.165, 1.54) is 13.8 Å². The zero-order valence-corrected chi connectivity index (χ0v) is 15.6. The van der Waals surface area contributed by atoms with E-state index in [1.807, 2.05) is 0 Å². The Balaban J connectivity index is 1.64. The number of piperazine rings is 1. The molecule has 144 valence electrons. The third kappa shape index (κ3) is 4.10. The number of nitrogens with zero attached hydrogens (tertiary/aromatic N) is 2. The first-order valence-electron chi connectivity index (χ1n) is 9.06. The monoisotopic (exact) mass is 372 g/mol. The van der Waals surface area contributed by atoms with Gasteiger partial charge in [0.1, 0.15) is 5.41 Å². The van der Waals surface area contributed by atoms with Crippen LogP contribution in [0, 0.1) is 5.41 Å². The highest BCUT2D eigenvalue weighted by molar-refractivity contribution is 6.13. The molecule has 27 heavy (non-hydrogen) atoms. The van der Waals surface area contributed by atoms with Gasteiger partial charge in [-0.25, -0.2) is 0 Å². The van der Waals surface area contributed by atoms with Gasteiger partial charge in [0.15, 0.2) is 0 Å². The molecule has 0 radical (unpaired) electrons. The van der Waals surface area contributed by atoms with Crippen molar-refractivity contribution in [2.45, 2.75) is 26.7 Å². The minimum absolute atomic E-state index is 0.0000272. The number of benzene rings is 1. The predicted octanol–water partition coefficient (Wildman–Crippen LogP) is 1.05. The van der Waals surface area contributed by atoms with E-state index < -0.39 is 5.41 Å². The lowest BCUT2D eigenvalue weighted by Gasteiger charge is -2.35. The second kappa shape index (κ2) is 7.38. The molecule has 8 heteroatoms. The largest absolute Gasteiger partial charge is 0.339 e. The van der Waals surface area contributed by atoms with E-state index in [-0.39, 0.29) is 23.6 Å². The van der Waals surface area contributed by atoms with Crippen molar-refractivity contribution >= 4 is 35.0 Å². The first-order chi connectivity index (χ1) is 12.8. The van der Waals surface area contributed by atoms with Gasteiger partial charge in [0, 0.05) is 51.4 Å². The smallest absolute Gasteiger partial charge is 0.240 e. The molecule has 2 aliphatic rings. The van der Waals surface area contributed by atoms with E-state index in [0.717, 1.165) is 0 Å². The van der Waals surface area contributed by atoms with Crippen LogP contribution in [0.4, 0.5) is 11.4 Å². The van der Waals surface area contributed by atoms with E-state index in [9.17, 15) is 19.2 Å². The summed E-state index contributed by atoms with van der Waals surface area (Å²) in [6.07, 6.45) is 1.05. The van der Waals surface area contributed by atoms with E-state index in [4.69, 9.17) is 0 Å². The van der Waals surface area contributed by atoms with Crippen LogP contribution >= 0.6 is 0 Å². The van der Waals surface area contributed by atoms with Gasteiger partial charge < -0.3 is 20.4 Å². The Morgan fingerprint density at radius 1 is 0.889 bits per heavy atom. The minimum atomic E-state index is -1.01. The maximum Gasteiger partial charge on any atom is 0.240 e. The average molecular weight is 372 g/mol. The number of hydrogen-bond donors (Lipinski definition) is 2. The van der Waals surface area contributed by atoms with Gasteiger partial charge in [-0.3, -0.25) is 19.2 Å². The van der Waals surface area contributed by atoms with Crippen molar-refractivity contribution in [1.29, 1.82) is 0 Å². The molecule has 2 N–H and O–H groups in total. The fourth-order valence-corrected chi connectivity index (χ4v) is 3.32. The van der Waals surface area contributed by atoms with Gasteiger partial charge in [-0.2, -0.15) is 0 Å². The highest BCUT2D eigenvalue weighted by atomic mass is 16.2. The first kappa shape index (κ1) is 18.9. The fourth-order valence-electron chi connectivity index (χ4n) is 3.32. The summed E-state index contributed by atoms with van der Waals surface area (Å²) in [5, 5.41) is 5.47. The zero-order valence-electron chi connectivity index (χ0n) is 15.6. The molecule has 1 aliphatic heterocycles. The summed E-state index contributed by atoms with van der Waals surface area (Å²) in [5.41, 5.74) is 0.103. The molecule has 1 saturated heterocycles. The number of carbonyl (C=O) groups is 4. The standard InChI is InChI=1S/C19H24N4O4/c1-13(24)20-15-4-3-5-16(12-15)21-17(26)19(6-7-19)18(27)23-10-8-22(9-11-23)14(2)25/h3-5,12H,6-11H2,1-2H3,(H,20,24)(H,21,26). The van der Waals surface area contributed by atoms with Crippen molar-refractivity contribution in [2.75, 3.05) is 36.8 Å². The van der Waals surface area contributed by atoms with Crippen LogP contribution in [-0.2, 0) is 19.2 Å². The molecule has 0 unspecified atom stereocenters. The van der Waals surface area contributed by atoms with Crippen LogP contribution < -0.4 is 10.6 Å². The molecule has 3 rings (SSSR count). The second-order valence-electron chi connectivity index (χ2n) is 7.10. The summed E-state index contributed by atoms with van der Waals surface area (Å²) in [6.45, 7) is 4.82. The number of amides is 4. The minimum Gasteiger partial charge on any atom is -0.339 e. The quantitative estimate of drug-likeness (QED) is 0.772. The summed E-state index contributed by atoms with van der Waals surface area (Å²) in [4.78, 5) is 51.7. The number of rotatable bonds is 4. The Bertz CT molecular complexity index is 780. The van der Waals surface area contributed by atoms with Gasteiger partial charge >= 0.3 is 0 Å². The molecule has 0 aromatic heterocycles. The fraction of sp³-hybridized carbons (Fsp3) is 0.474. The SMILES string of the molecule is CC(=O)Nc1cccc(NC(=O)C2(C(=O)N3CCN(C(C)=O)CC3)CC2)c1. The summed E-state index contributed by atoms with van der Waals surface area (Å²) < 4.78 is 0. The van der Waals surface area contributed by atoms with Gasteiger partial charge in [-0.1, -0.05) is 6.07 Å². The third-order valence-corrected chi connectivity index (χ3v) is 5.05. The molecular weight excluding hydrogens is 348 g/mol. The molecule has 1 saturated carbocycles. The van der Waals surface area contributed by atoms with Crippen molar-refractivity contribution in [3.63, 3.8) is 0 Å². The Morgan fingerprint density at radius 2 is 1.44 bits per heavy atom. The molecule has 2 fully saturated rings. The zero-order chi connectivity index (χ0) is 19.6. The second-order valence-corrected chi connectivity index (χ2v) is 7.10. The molecule has 1 aromatic carbocycles. The van der Waals surface area contributed by atoms with E-state index in [2.05, 4.69) is 10.6 Å². The normalized spacial score (nSPS) is 17.9. The van der Waals surface area contributed by atoms with Crippen molar-refractivity contribution in [2.24, 2.45) is 5.41 Å². The maximum atomic E-state index is 12.9. The predicted molar refractivity (Wildman–Crippen MR) is 99.9 cm³/mol. The van der Waals surface area contributed by atoms with Crippen molar-refractivity contribution in [1.82, 2.24) is 9.80 Å². The van der Waals surface area contributed by atoms with E-state index in [1.54, 1.807) is 34.1 Å². The summed E-state index contributed by atoms with van der Waals surface area (Å²) in [6, 6.07) is 6.83. The highest BCUT2D eigenvalue weighted by Crippen LogP contribution is 2.48. The van der Waals surface area contributed by atoms with E-state index >= 15 is 0 Å². The van der Waals surface area contributed by atoms with Crippen LogP contribution in [0.1, 0.15) is 26.7 Å². The van der Waals surface area contributed by atoms with Crippen molar-refractivity contribution in [3.05, 3.63) is 24.3 Å². The van der Waals surface area contributed by atoms with Crippen LogP contribution in [0.5, 0.6) is 0 Å². The van der Waals surface area contributed by atoms with Crippen LogP contribution in [0.3, 0.4) is 0 Å². The molecule has 4 amide bonds. The van der Waals surface area contributed by atoms with Crippen molar-refractivity contribution < 1.29 is 19.2 Å². The topological polar surface area (TPSA) is 98.8 Å². The van der Waals surface area contributed by atoms with Crippen LogP contribution in [-0.4, -0.2) is 59.6 Å². The van der Waals surface area contributed by atoms with Gasteiger partial charge in [0.25, 0.3) is 0 Å². The number of carbonyl (C=O) groups excluding carboxylic acids is 4. The molecular formula is C19H24N4O4. The van der Waals surface area contributed by atoms with E-state index in [0.29, 0.717) is 50.4 Å². The Hall–Kier alpha value is -2.90. The molecule has 1 aromatic rings. The number of hydrogen-bond acceptors (Lipinski definition) is 4. The average Bonchev–Trinajstić information content (AvgIpc) is 3.43. The van der Waals surface area contributed by atoms with Crippen LogP contribution in [0.25, 0.3) is 0 Å². The van der Waals surface area contributed by atoms with Gasteiger partial charge in [0.05, 0.1) is 0 Å². The van der Waals surface area contributed by atoms with Crippen LogP contribution in [0.15, 0.2) is 24.3 Å². The van der Waals surface area contributed by atoms with Crippen LogP contribution in [0.2, 0.25) is 0 Å². The Labute approximate surface area is 157 Å². The molecule has 0 spiro atoms. The molecule has 0 bridgehead atoms. The Morgan fingerprint density at radius 3 is 1.96 bits per heavy atom. The first-order valence-corrected chi connectivity index (χ1v) is 9.06. The molecule has 0 atom stereocenters. The van der Waals surface area contributed by atoms with Gasteiger partial charge in [-0.05, 0) is 31.0 Å². The third-order valence-electron chi connectivity index (χ3n) is 5.05. The molecule has 1 aliphatic carbocycles. The molecule has 1 heterocycles. The number of anilines is 2. The Kier molecular flexibility index (Phi) is 5.16. The maximum absolute atomic E-state index is 12.9.